The first-order valence-electron chi connectivity index (χ1n) is 8.65. The van der Waals surface area contributed by atoms with Crippen LogP contribution in [0, 0.1) is 0 Å². The zero-order chi connectivity index (χ0) is 16.1. The Balaban J connectivity index is 1.79. The molecule has 2 heterocycles. The maximum Gasteiger partial charge on any atom is 0.142 e. The van der Waals surface area contributed by atoms with Crippen LogP contribution in [-0.4, -0.2) is 52.1 Å². The van der Waals surface area contributed by atoms with Gasteiger partial charge in [0.05, 0.1) is 25.4 Å². The molecule has 0 radical (unpaired) electrons. The molecule has 1 unspecified atom stereocenters. The molecule has 1 aromatic rings. The Kier molecular flexibility index (Phi) is 5.75. The van der Waals surface area contributed by atoms with Gasteiger partial charge in [0, 0.05) is 26.8 Å². The summed E-state index contributed by atoms with van der Waals surface area (Å²) in [6.07, 6.45) is 4.65. The van der Waals surface area contributed by atoms with Gasteiger partial charge in [-0.05, 0) is 37.0 Å². The molecule has 0 amide bonds. The molecule has 0 aliphatic carbocycles. The van der Waals surface area contributed by atoms with E-state index in [4.69, 9.17) is 14.3 Å². The van der Waals surface area contributed by atoms with Crippen LogP contribution < -0.4 is 9.64 Å². The molecular weight excluding hydrogens is 292 g/mol. The largest absolute Gasteiger partial charge is 0.490 e. The van der Waals surface area contributed by atoms with Crippen molar-refractivity contribution in [1.82, 2.24) is 5.06 Å². The van der Waals surface area contributed by atoms with Crippen molar-refractivity contribution in [2.75, 3.05) is 52.0 Å². The van der Waals surface area contributed by atoms with Gasteiger partial charge in [-0.2, -0.15) is 5.06 Å². The van der Waals surface area contributed by atoms with Crippen molar-refractivity contribution in [1.29, 1.82) is 0 Å². The van der Waals surface area contributed by atoms with E-state index >= 15 is 0 Å². The summed E-state index contributed by atoms with van der Waals surface area (Å²) in [7, 11) is 3.53. The van der Waals surface area contributed by atoms with Crippen LogP contribution in [0.25, 0.3) is 0 Å². The van der Waals surface area contributed by atoms with Crippen LogP contribution in [-0.2, 0) is 9.57 Å². The van der Waals surface area contributed by atoms with E-state index in [1.165, 1.54) is 24.1 Å². The van der Waals surface area contributed by atoms with Gasteiger partial charge < -0.3 is 19.2 Å². The van der Waals surface area contributed by atoms with Gasteiger partial charge in [-0.3, -0.25) is 0 Å². The highest BCUT2D eigenvalue weighted by atomic mass is 16.7. The number of nitrogens with zero attached hydrogens (tertiary/aromatic N) is 2. The molecule has 5 heteroatoms. The molecule has 0 saturated carbocycles. The molecule has 1 fully saturated rings. The summed E-state index contributed by atoms with van der Waals surface area (Å²) in [4.78, 5) is 8.00. The minimum atomic E-state index is 0.349. The number of ether oxygens (including phenoxy) is 2. The number of benzene rings is 1. The summed E-state index contributed by atoms with van der Waals surface area (Å²) in [5.41, 5.74) is 2.54. The molecule has 1 saturated heterocycles. The standard InChI is InChI=1S/C18H28N2O3/c1-21-12-5-9-19-11-13-23-18-8-7-15(14-17(18)19)16-6-3-4-10-20(16)22-2/h7-8,14,16H,3-6,9-13H2,1-2H3. The quantitative estimate of drug-likeness (QED) is 0.753. The van der Waals surface area contributed by atoms with Crippen LogP contribution in [0.5, 0.6) is 5.75 Å². The van der Waals surface area contributed by atoms with E-state index in [1.807, 2.05) is 0 Å². The fraction of sp³-hybridized carbons (Fsp3) is 0.667. The second-order valence-electron chi connectivity index (χ2n) is 6.24. The fourth-order valence-electron chi connectivity index (χ4n) is 3.59. The lowest BCUT2D eigenvalue weighted by Gasteiger charge is -2.36. The SMILES string of the molecule is COCCCN1CCOc2ccc(C3CCCCN3OC)cc21. The number of methoxy groups -OCH3 is 1. The average molecular weight is 320 g/mol. The summed E-state index contributed by atoms with van der Waals surface area (Å²) < 4.78 is 11.0. The summed E-state index contributed by atoms with van der Waals surface area (Å²) in [5.74, 6) is 0.997. The van der Waals surface area contributed by atoms with Gasteiger partial charge in [0.25, 0.3) is 0 Å². The Bertz CT molecular complexity index is 509. The van der Waals surface area contributed by atoms with E-state index < -0.39 is 0 Å². The zero-order valence-electron chi connectivity index (χ0n) is 14.3. The molecule has 1 aromatic carbocycles. The summed E-state index contributed by atoms with van der Waals surface area (Å²) in [5, 5.41) is 2.12. The summed E-state index contributed by atoms with van der Waals surface area (Å²) in [6.45, 7) is 4.51. The maximum absolute atomic E-state index is 5.84. The molecule has 3 rings (SSSR count). The first-order valence-corrected chi connectivity index (χ1v) is 8.65. The molecule has 0 bridgehead atoms. The van der Waals surface area contributed by atoms with Crippen LogP contribution in [0.4, 0.5) is 5.69 Å². The fourth-order valence-corrected chi connectivity index (χ4v) is 3.59. The number of piperidine rings is 1. The molecule has 0 aromatic heterocycles. The molecule has 128 valence electrons. The minimum absolute atomic E-state index is 0.349. The van der Waals surface area contributed by atoms with Gasteiger partial charge in [-0.1, -0.05) is 12.5 Å². The molecule has 23 heavy (non-hydrogen) atoms. The molecule has 2 aliphatic heterocycles. The van der Waals surface area contributed by atoms with Crippen molar-refractivity contribution in [3.63, 3.8) is 0 Å². The molecule has 2 aliphatic rings. The van der Waals surface area contributed by atoms with E-state index in [1.54, 1.807) is 14.2 Å². The number of hydroxylamine groups is 2. The van der Waals surface area contributed by atoms with E-state index in [0.717, 1.165) is 51.4 Å². The van der Waals surface area contributed by atoms with Gasteiger partial charge >= 0.3 is 0 Å². The van der Waals surface area contributed by atoms with Crippen molar-refractivity contribution in [3.8, 4) is 5.75 Å². The van der Waals surface area contributed by atoms with E-state index in [-0.39, 0.29) is 0 Å². The third-order valence-corrected chi connectivity index (χ3v) is 4.79. The van der Waals surface area contributed by atoms with Crippen molar-refractivity contribution >= 4 is 5.69 Å². The Hall–Kier alpha value is -1.30. The van der Waals surface area contributed by atoms with E-state index in [0.29, 0.717) is 6.04 Å². The van der Waals surface area contributed by atoms with Crippen molar-refractivity contribution in [2.45, 2.75) is 31.7 Å². The molecule has 0 spiro atoms. The topological polar surface area (TPSA) is 34.2 Å². The molecular formula is C18H28N2O3. The lowest BCUT2D eigenvalue weighted by Crippen LogP contribution is -2.35. The third-order valence-electron chi connectivity index (χ3n) is 4.79. The van der Waals surface area contributed by atoms with E-state index in [2.05, 4.69) is 28.2 Å². The Labute approximate surface area is 139 Å². The predicted octanol–water partition coefficient (Wildman–Crippen LogP) is 3.01. The van der Waals surface area contributed by atoms with Crippen molar-refractivity contribution in [2.24, 2.45) is 0 Å². The van der Waals surface area contributed by atoms with Crippen molar-refractivity contribution in [3.05, 3.63) is 23.8 Å². The highest BCUT2D eigenvalue weighted by Crippen LogP contribution is 2.38. The lowest BCUT2D eigenvalue weighted by atomic mass is 9.96. The first kappa shape index (κ1) is 16.6. The smallest absolute Gasteiger partial charge is 0.142 e. The molecule has 5 nitrogen and oxygen atoms in total. The highest BCUT2D eigenvalue weighted by molar-refractivity contribution is 5.61. The number of rotatable bonds is 6. The van der Waals surface area contributed by atoms with Crippen LogP contribution in [0.3, 0.4) is 0 Å². The predicted molar refractivity (Wildman–Crippen MR) is 91.0 cm³/mol. The Morgan fingerprint density at radius 1 is 1.22 bits per heavy atom. The highest BCUT2D eigenvalue weighted by Gasteiger charge is 2.26. The third kappa shape index (κ3) is 3.79. The molecule has 0 N–H and O–H groups in total. The normalized spacial score (nSPS) is 21.8. The van der Waals surface area contributed by atoms with E-state index in [9.17, 15) is 0 Å². The number of hydrogen-bond donors (Lipinski definition) is 0. The second-order valence-corrected chi connectivity index (χ2v) is 6.24. The van der Waals surface area contributed by atoms with Crippen molar-refractivity contribution < 1.29 is 14.3 Å². The average Bonchev–Trinajstić information content (AvgIpc) is 2.61. The lowest BCUT2D eigenvalue weighted by molar-refractivity contribution is -0.176. The first-order chi connectivity index (χ1) is 11.3. The monoisotopic (exact) mass is 320 g/mol. The van der Waals surface area contributed by atoms with Crippen LogP contribution in [0.15, 0.2) is 18.2 Å². The second kappa shape index (κ2) is 7.99. The van der Waals surface area contributed by atoms with Gasteiger partial charge in [0.2, 0.25) is 0 Å². The minimum Gasteiger partial charge on any atom is -0.490 e. The summed E-state index contributed by atoms with van der Waals surface area (Å²) >= 11 is 0. The van der Waals surface area contributed by atoms with Gasteiger partial charge in [-0.25, -0.2) is 0 Å². The number of hydrogen-bond acceptors (Lipinski definition) is 5. The Morgan fingerprint density at radius 3 is 2.96 bits per heavy atom. The van der Waals surface area contributed by atoms with Crippen LogP contribution in [0.1, 0.15) is 37.3 Å². The van der Waals surface area contributed by atoms with Gasteiger partial charge in [-0.15, -0.1) is 0 Å². The number of fused-ring (bicyclic) bond motifs is 1. The van der Waals surface area contributed by atoms with Gasteiger partial charge in [0.1, 0.15) is 12.4 Å². The Morgan fingerprint density at radius 2 is 2.13 bits per heavy atom. The number of anilines is 1. The van der Waals surface area contributed by atoms with Crippen LogP contribution in [0.2, 0.25) is 0 Å². The summed E-state index contributed by atoms with van der Waals surface area (Å²) in [6, 6.07) is 6.96. The van der Waals surface area contributed by atoms with Gasteiger partial charge in [0.15, 0.2) is 0 Å². The maximum atomic E-state index is 5.84. The van der Waals surface area contributed by atoms with Crippen LogP contribution >= 0.6 is 0 Å². The molecule has 1 atom stereocenters. The zero-order valence-corrected chi connectivity index (χ0v) is 14.3.